The zero-order valence-electron chi connectivity index (χ0n) is 19.3. The summed E-state index contributed by atoms with van der Waals surface area (Å²) in [4.78, 5) is 37.2. The van der Waals surface area contributed by atoms with Gasteiger partial charge in [-0.2, -0.15) is 0 Å². The van der Waals surface area contributed by atoms with Gasteiger partial charge in [-0.15, -0.1) is 0 Å². The molecule has 9 nitrogen and oxygen atoms in total. The lowest BCUT2D eigenvalue weighted by Crippen LogP contribution is -2.37. The van der Waals surface area contributed by atoms with Crippen molar-refractivity contribution in [3.8, 4) is 16.9 Å². The number of carbonyl (C=O) groups is 3. The van der Waals surface area contributed by atoms with Crippen LogP contribution < -0.4 is 15.4 Å². The predicted octanol–water partition coefficient (Wildman–Crippen LogP) is 3.61. The quantitative estimate of drug-likeness (QED) is 0.265. The summed E-state index contributed by atoms with van der Waals surface area (Å²) in [5, 5.41) is 26.0. The van der Waals surface area contributed by atoms with Gasteiger partial charge in [0.15, 0.2) is 0 Å². The van der Waals surface area contributed by atoms with Gasteiger partial charge in [0.1, 0.15) is 18.2 Å². The standard InChI is InChI=1S/C27H25N3O6/c28-25(29)18-6-4-16(5-7-18)17-8-10-23(11-9-17)36-15-22-13-20(14-24(31)32)26(33)30(22)21-3-1-2-19(12-21)27(34)35/h1-12,20,22H,13-15H2,(H3,28,29)(H,31,32)(H,34,35)/t20-,22-/m0/s1. The van der Waals surface area contributed by atoms with Crippen molar-refractivity contribution in [3.63, 3.8) is 0 Å². The van der Waals surface area contributed by atoms with Gasteiger partial charge >= 0.3 is 11.9 Å². The molecule has 1 fully saturated rings. The highest BCUT2D eigenvalue weighted by atomic mass is 16.5. The molecular formula is C27H25N3O6. The van der Waals surface area contributed by atoms with Crippen LogP contribution in [0.1, 0.15) is 28.8 Å². The first kappa shape index (κ1) is 24.5. The highest BCUT2D eigenvalue weighted by Crippen LogP contribution is 2.33. The van der Waals surface area contributed by atoms with Crippen molar-refractivity contribution >= 4 is 29.4 Å². The molecule has 0 spiro atoms. The van der Waals surface area contributed by atoms with E-state index in [2.05, 4.69) is 0 Å². The molecule has 1 aliphatic heterocycles. The fraction of sp³-hybridized carbons (Fsp3) is 0.185. The number of carboxylic acid groups (broad SMARTS) is 2. The van der Waals surface area contributed by atoms with Crippen molar-refractivity contribution in [1.29, 1.82) is 5.41 Å². The van der Waals surface area contributed by atoms with Crippen LogP contribution in [0.5, 0.6) is 5.75 Å². The number of rotatable bonds is 9. The minimum Gasteiger partial charge on any atom is -0.491 e. The zero-order valence-corrected chi connectivity index (χ0v) is 19.3. The molecule has 0 unspecified atom stereocenters. The fourth-order valence-corrected chi connectivity index (χ4v) is 4.34. The lowest BCUT2D eigenvalue weighted by molar-refractivity contribution is -0.140. The van der Waals surface area contributed by atoms with Crippen LogP contribution in [0.4, 0.5) is 5.69 Å². The number of carbonyl (C=O) groups excluding carboxylic acids is 1. The van der Waals surface area contributed by atoms with Crippen molar-refractivity contribution in [2.45, 2.75) is 18.9 Å². The number of nitrogens with one attached hydrogen (secondary N) is 1. The molecule has 3 aromatic rings. The molecule has 5 N–H and O–H groups in total. The Bertz CT molecular complexity index is 1300. The van der Waals surface area contributed by atoms with Gasteiger partial charge in [0, 0.05) is 11.3 Å². The molecule has 2 atom stereocenters. The number of hydrogen-bond donors (Lipinski definition) is 4. The maximum absolute atomic E-state index is 13.1. The maximum atomic E-state index is 13.1. The summed E-state index contributed by atoms with van der Waals surface area (Å²) in [7, 11) is 0. The Morgan fingerprint density at radius 1 is 0.972 bits per heavy atom. The molecule has 0 bridgehead atoms. The number of ether oxygens (including phenoxy) is 1. The molecule has 1 saturated heterocycles. The van der Waals surface area contributed by atoms with Crippen molar-refractivity contribution < 1.29 is 29.3 Å². The third-order valence-corrected chi connectivity index (χ3v) is 6.13. The third-order valence-electron chi connectivity index (χ3n) is 6.13. The normalized spacial score (nSPS) is 17.1. The van der Waals surface area contributed by atoms with Crippen LogP contribution in [0, 0.1) is 11.3 Å². The summed E-state index contributed by atoms with van der Waals surface area (Å²) in [6.07, 6.45) is -0.0232. The lowest BCUT2D eigenvalue weighted by Gasteiger charge is -2.25. The number of carboxylic acids is 2. The Balaban J connectivity index is 1.50. The van der Waals surface area contributed by atoms with E-state index in [1.807, 2.05) is 24.3 Å². The Labute approximate surface area is 207 Å². The SMILES string of the molecule is N=C(N)c1ccc(-c2ccc(OC[C@@H]3C[C@@H](CC(=O)O)C(=O)N3c3cccc(C(=O)O)c3)cc2)cc1. The van der Waals surface area contributed by atoms with Gasteiger partial charge in [-0.3, -0.25) is 15.0 Å². The molecule has 36 heavy (non-hydrogen) atoms. The molecule has 4 rings (SSSR count). The summed E-state index contributed by atoms with van der Waals surface area (Å²) >= 11 is 0. The van der Waals surface area contributed by atoms with E-state index >= 15 is 0 Å². The van der Waals surface area contributed by atoms with Crippen molar-refractivity contribution in [2.75, 3.05) is 11.5 Å². The highest BCUT2D eigenvalue weighted by molar-refractivity contribution is 6.00. The molecule has 0 aliphatic carbocycles. The van der Waals surface area contributed by atoms with E-state index in [9.17, 15) is 24.6 Å². The molecule has 184 valence electrons. The van der Waals surface area contributed by atoms with Gasteiger partial charge in [0.25, 0.3) is 0 Å². The second-order valence-corrected chi connectivity index (χ2v) is 8.57. The zero-order chi connectivity index (χ0) is 25.8. The van der Waals surface area contributed by atoms with Gasteiger partial charge in [-0.25, -0.2) is 4.79 Å². The largest absolute Gasteiger partial charge is 0.491 e. The van der Waals surface area contributed by atoms with E-state index < -0.39 is 23.9 Å². The molecule has 9 heteroatoms. The van der Waals surface area contributed by atoms with Crippen LogP contribution in [-0.2, 0) is 9.59 Å². The molecule has 1 aliphatic rings. The van der Waals surface area contributed by atoms with E-state index in [-0.39, 0.29) is 36.8 Å². The number of aromatic carboxylic acids is 1. The molecule has 0 radical (unpaired) electrons. The van der Waals surface area contributed by atoms with Crippen LogP contribution in [0.2, 0.25) is 0 Å². The summed E-state index contributed by atoms with van der Waals surface area (Å²) in [6, 6.07) is 20.3. The topological polar surface area (TPSA) is 154 Å². The molecule has 1 amide bonds. The smallest absolute Gasteiger partial charge is 0.335 e. The lowest BCUT2D eigenvalue weighted by atomic mass is 10.0. The number of nitrogens with zero attached hydrogens (tertiary/aromatic N) is 1. The Kier molecular flexibility index (Phi) is 7.00. The van der Waals surface area contributed by atoms with Crippen LogP contribution in [0.15, 0.2) is 72.8 Å². The van der Waals surface area contributed by atoms with Gasteiger partial charge in [0.2, 0.25) is 5.91 Å². The third kappa shape index (κ3) is 5.35. The van der Waals surface area contributed by atoms with E-state index in [4.69, 9.17) is 15.9 Å². The Morgan fingerprint density at radius 3 is 2.19 bits per heavy atom. The van der Waals surface area contributed by atoms with E-state index in [0.29, 0.717) is 17.0 Å². The molecule has 0 saturated carbocycles. The number of amidine groups is 1. The van der Waals surface area contributed by atoms with Crippen LogP contribution in [0.25, 0.3) is 11.1 Å². The summed E-state index contributed by atoms with van der Waals surface area (Å²) < 4.78 is 5.96. The van der Waals surface area contributed by atoms with Gasteiger partial charge in [-0.1, -0.05) is 42.5 Å². The predicted molar refractivity (Wildman–Crippen MR) is 133 cm³/mol. The number of nitrogen functional groups attached to an aromatic ring is 1. The van der Waals surface area contributed by atoms with Crippen LogP contribution in [-0.4, -0.2) is 46.5 Å². The highest BCUT2D eigenvalue weighted by Gasteiger charge is 2.41. The second kappa shape index (κ2) is 10.3. The first-order valence-corrected chi connectivity index (χ1v) is 11.3. The van der Waals surface area contributed by atoms with E-state index in [1.165, 1.54) is 17.0 Å². The van der Waals surface area contributed by atoms with E-state index in [1.54, 1.807) is 36.4 Å². The minimum atomic E-state index is -1.12. The molecule has 3 aromatic carbocycles. The summed E-state index contributed by atoms with van der Waals surface area (Å²) in [5.41, 5.74) is 8.47. The molecular weight excluding hydrogens is 462 g/mol. The number of anilines is 1. The minimum absolute atomic E-state index is 0.00465. The summed E-state index contributed by atoms with van der Waals surface area (Å²) in [6.45, 7) is 0.117. The number of benzene rings is 3. The van der Waals surface area contributed by atoms with Gasteiger partial charge in [0.05, 0.1) is 23.9 Å². The van der Waals surface area contributed by atoms with Gasteiger partial charge < -0.3 is 25.6 Å². The monoisotopic (exact) mass is 487 g/mol. The first-order valence-electron chi connectivity index (χ1n) is 11.3. The number of amides is 1. The van der Waals surface area contributed by atoms with Gasteiger partial charge in [-0.05, 0) is 47.9 Å². The van der Waals surface area contributed by atoms with Crippen LogP contribution in [0.3, 0.4) is 0 Å². The Hall–Kier alpha value is -4.66. The number of aliphatic carboxylic acids is 1. The second-order valence-electron chi connectivity index (χ2n) is 8.57. The molecule has 0 aromatic heterocycles. The van der Waals surface area contributed by atoms with E-state index in [0.717, 1.165) is 11.1 Å². The average Bonchev–Trinajstić information content (AvgIpc) is 3.17. The van der Waals surface area contributed by atoms with Crippen molar-refractivity contribution in [3.05, 3.63) is 83.9 Å². The molecule has 1 heterocycles. The van der Waals surface area contributed by atoms with Crippen molar-refractivity contribution in [1.82, 2.24) is 0 Å². The van der Waals surface area contributed by atoms with Crippen LogP contribution >= 0.6 is 0 Å². The fourth-order valence-electron chi connectivity index (χ4n) is 4.34. The first-order chi connectivity index (χ1) is 17.2. The van der Waals surface area contributed by atoms with Crippen molar-refractivity contribution in [2.24, 2.45) is 11.7 Å². The maximum Gasteiger partial charge on any atom is 0.335 e. The average molecular weight is 488 g/mol. The Morgan fingerprint density at radius 2 is 1.61 bits per heavy atom. The number of hydrogen-bond acceptors (Lipinski definition) is 5. The summed E-state index contributed by atoms with van der Waals surface area (Å²) in [5.74, 6) is -2.68. The number of nitrogens with two attached hydrogens (primary N) is 1.